The van der Waals surface area contributed by atoms with Crippen molar-refractivity contribution in [2.45, 2.75) is 33.6 Å². The molecule has 1 aromatic carbocycles. The number of carbonyl (C=O) groups excluding carboxylic acids is 1. The van der Waals surface area contributed by atoms with Gasteiger partial charge in [-0.3, -0.25) is 4.79 Å². The number of nitrogens with zero attached hydrogens (tertiary/aromatic N) is 3. The number of aryl methyl sites for hydroxylation is 3. The highest BCUT2D eigenvalue weighted by Crippen LogP contribution is 2.23. The second-order valence-corrected chi connectivity index (χ2v) is 5.86. The van der Waals surface area contributed by atoms with Crippen LogP contribution in [0.25, 0.3) is 0 Å². The standard InChI is InChI=1S/C19H21N5O2/c1-4-13-7-6-8-14(5-2)17(13)23-18(25)15-10-20-19(21-11-15)22-16-9-12(3)26-24-16/h6-11H,4-5H2,1-3H3,(H,23,25)(H,20,21,22,24). The zero-order chi connectivity index (χ0) is 18.5. The van der Waals surface area contributed by atoms with Crippen molar-refractivity contribution in [1.29, 1.82) is 0 Å². The molecule has 0 bridgehead atoms. The molecule has 7 nitrogen and oxygen atoms in total. The summed E-state index contributed by atoms with van der Waals surface area (Å²) in [5.41, 5.74) is 3.49. The summed E-state index contributed by atoms with van der Waals surface area (Å²) in [7, 11) is 0. The summed E-state index contributed by atoms with van der Waals surface area (Å²) in [6, 6.07) is 7.80. The van der Waals surface area contributed by atoms with Crippen LogP contribution in [0.2, 0.25) is 0 Å². The van der Waals surface area contributed by atoms with Gasteiger partial charge in [-0.15, -0.1) is 0 Å². The number of amides is 1. The molecule has 3 aromatic rings. The number of rotatable bonds is 6. The van der Waals surface area contributed by atoms with Crippen LogP contribution in [0.15, 0.2) is 41.2 Å². The number of carbonyl (C=O) groups is 1. The van der Waals surface area contributed by atoms with Gasteiger partial charge in [0.15, 0.2) is 5.82 Å². The number of benzene rings is 1. The lowest BCUT2D eigenvalue weighted by molar-refractivity contribution is 0.102. The van der Waals surface area contributed by atoms with E-state index in [-0.39, 0.29) is 5.91 Å². The van der Waals surface area contributed by atoms with Crippen molar-refractivity contribution in [2.75, 3.05) is 10.6 Å². The summed E-state index contributed by atoms with van der Waals surface area (Å²) in [5.74, 6) is 1.32. The lowest BCUT2D eigenvalue weighted by Crippen LogP contribution is -2.15. The highest BCUT2D eigenvalue weighted by molar-refractivity contribution is 6.04. The van der Waals surface area contributed by atoms with Gasteiger partial charge in [-0.25, -0.2) is 9.97 Å². The fourth-order valence-corrected chi connectivity index (χ4v) is 2.64. The van der Waals surface area contributed by atoms with Crippen LogP contribution >= 0.6 is 0 Å². The Morgan fingerprint density at radius 1 is 1.12 bits per heavy atom. The molecular formula is C19H21N5O2. The van der Waals surface area contributed by atoms with E-state index in [1.54, 1.807) is 13.0 Å². The SMILES string of the molecule is CCc1cccc(CC)c1NC(=O)c1cnc(Nc2cc(C)on2)nc1. The van der Waals surface area contributed by atoms with Gasteiger partial charge in [-0.2, -0.15) is 0 Å². The summed E-state index contributed by atoms with van der Waals surface area (Å²) in [6.07, 6.45) is 4.66. The molecule has 0 atom stereocenters. The maximum Gasteiger partial charge on any atom is 0.258 e. The van der Waals surface area contributed by atoms with Crippen molar-refractivity contribution in [1.82, 2.24) is 15.1 Å². The topological polar surface area (TPSA) is 92.9 Å². The van der Waals surface area contributed by atoms with Gasteiger partial charge in [0, 0.05) is 24.1 Å². The molecule has 0 unspecified atom stereocenters. The van der Waals surface area contributed by atoms with Crippen LogP contribution in [-0.4, -0.2) is 21.0 Å². The maximum atomic E-state index is 12.6. The molecule has 2 heterocycles. The van der Waals surface area contributed by atoms with Crippen LogP contribution in [-0.2, 0) is 12.8 Å². The number of anilines is 3. The molecule has 2 aromatic heterocycles. The van der Waals surface area contributed by atoms with Crippen molar-refractivity contribution in [3.8, 4) is 0 Å². The van der Waals surface area contributed by atoms with E-state index in [2.05, 4.69) is 39.6 Å². The third-order valence-corrected chi connectivity index (χ3v) is 4.02. The lowest BCUT2D eigenvalue weighted by atomic mass is 10.0. The molecule has 26 heavy (non-hydrogen) atoms. The Balaban J connectivity index is 1.74. The van der Waals surface area contributed by atoms with Crippen LogP contribution in [0.4, 0.5) is 17.5 Å². The van der Waals surface area contributed by atoms with E-state index in [4.69, 9.17) is 4.52 Å². The lowest BCUT2D eigenvalue weighted by Gasteiger charge is -2.14. The molecule has 1 amide bonds. The minimum Gasteiger partial charge on any atom is -0.360 e. The molecule has 0 aliphatic carbocycles. The fraction of sp³-hybridized carbons (Fsp3) is 0.263. The van der Waals surface area contributed by atoms with Gasteiger partial charge < -0.3 is 15.2 Å². The van der Waals surface area contributed by atoms with Gasteiger partial charge in [-0.05, 0) is 30.9 Å². The molecule has 0 saturated carbocycles. The highest BCUT2D eigenvalue weighted by Gasteiger charge is 2.13. The van der Waals surface area contributed by atoms with E-state index in [0.717, 1.165) is 29.7 Å². The highest BCUT2D eigenvalue weighted by atomic mass is 16.5. The Morgan fingerprint density at radius 3 is 2.31 bits per heavy atom. The van der Waals surface area contributed by atoms with Crippen LogP contribution in [0.5, 0.6) is 0 Å². The molecule has 3 rings (SSSR count). The van der Waals surface area contributed by atoms with E-state index in [1.165, 1.54) is 12.4 Å². The predicted molar refractivity (Wildman–Crippen MR) is 99.7 cm³/mol. The van der Waals surface area contributed by atoms with Crippen molar-refractivity contribution < 1.29 is 9.32 Å². The summed E-state index contributed by atoms with van der Waals surface area (Å²) >= 11 is 0. The summed E-state index contributed by atoms with van der Waals surface area (Å²) < 4.78 is 4.98. The van der Waals surface area contributed by atoms with Gasteiger partial charge >= 0.3 is 0 Å². The molecule has 134 valence electrons. The number of nitrogens with one attached hydrogen (secondary N) is 2. The average molecular weight is 351 g/mol. The summed E-state index contributed by atoms with van der Waals surface area (Å²) in [4.78, 5) is 20.9. The third kappa shape index (κ3) is 3.88. The number of hydrogen-bond donors (Lipinski definition) is 2. The van der Waals surface area contributed by atoms with Gasteiger partial charge in [0.25, 0.3) is 5.91 Å². The fourth-order valence-electron chi connectivity index (χ4n) is 2.64. The molecule has 0 aliphatic rings. The van der Waals surface area contributed by atoms with E-state index in [0.29, 0.717) is 23.1 Å². The quantitative estimate of drug-likeness (QED) is 0.700. The summed E-state index contributed by atoms with van der Waals surface area (Å²) in [6.45, 7) is 5.93. The Morgan fingerprint density at radius 2 is 1.77 bits per heavy atom. The largest absolute Gasteiger partial charge is 0.360 e. The van der Waals surface area contributed by atoms with E-state index in [9.17, 15) is 4.79 Å². The van der Waals surface area contributed by atoms with Gasteiger partial charge in [0.1, 0.15) is 5.76 Å². The van der Waals surface area contributed by atoms with Crippen molar-refractivity contribution in [3.05, 3.63) is 59.1 Å². The molecule has 0 aliphatic heterocycles. The Labute approximate surface area is 151 Å². The Bertz CT molecular complexity index is 880. The minimum atomic E-state index is -0.232. The monoisotopic (exact) mass is 351 g/mol. The molecule has 7 heteroatoms. The first-order valence-corrected chi connectivity index (χ1v) is 8.55. The van der Waals surface area contributed by atoms with Crippen LogP contribution < -0.4 is 10.6 Å². The van der Waals surface area contributed by atoms with Crippen molar-refractivity contribution in [3.63, 3.8) is 0 Å². The average Bonchev–Trinajstić information content (AvgIpc) is 3.07. The first-order chi connectivity index (χ1) is 12.6. The normalized spacial score (nSPS) is 10.6. The first-order valence-electron chi connectivity index (χ1n) is 8.55. The third-order valence-electron chi connectivity index (χ3n) is 4.02. The van der Waals surface area contributed by atoms with Crippen molar-refractivity contribution >= 4 is 23.4 Å². The number of aromatic nitrogens is 3. The van der Waals surface area contributed by atoms with E-state index < -0.39 is 0 Å². The molecule has 2 N–H and O–H groups in total. The number of hydrogen-bond acceptors (Lipinski definition) is 6. The summed E-state index contributed by atoms with van der Waals surface area (Å²) in [5, 5.41) is 9.74. The second-order valence-electron chi connectivity index (χ2n) is 5.86. The van der Waals surface area contributed by atoms with E-state index in [1.807, 2.05) is 18.2 Å². The molecular weight excluding hydrogens is 330 g/mol. The zero-order valence-electron chi connectivity index (χ0n) is 15.0. The minimum absolute atomic E-state index is 0.232. The molecule has 0 saturated heterocycles. The smallest absolute Gasteiger partial charge is 0.258 e. The van der Waals surface area contributed by atoms with Gasteiger partial charge in [0.05, 0.1) is 5.56 Å². The molecule has 0 spiro atoms. The van der Waals surface area contributed by atoms with Crippen molar-refractivity contribution in [2.24, 2.45) is 0 Å². The molecule has 0 fully saturated rings. The molecule has 0 radical (unpaired) electrons. The van der Waals surface area contributed by atoms with E-state index >= 15 is 0 Å². The maximum absolute atomic E-state index is 12.6. The predicted octanol–water partition coefficient (Wildman–Crippen LogP) is 3.89. The van der Waals surface area contributed by atoms with Crippen LogP contribution in [0.3, 0.4) is 0 Å². The Hall–Kier alpha value is -3.22. The van der Waals surface area contributed by atoms with Crippen LogP contribution in [0.1, 0.15) is 41.1 Å². The Kier molecular flexibility index (Phi) is 5.26. The zero-order valence-corrected chi connectivity index (χ0v) is 15.0. The number of para-hydroxylation sites is 1. The van der Waals surface area contributed by atoms with Crippen LogP contribution in [0, 0.1) is 6.92 Å². The second kappa shape index (κ2) is 7.77. The van der Waals surface area contributed by atoms with Gasteiger partial charge in [0.2, 0.25) is 5.95 Å². The van der Waals surface area contributed by atoms with Gasteiger partial charge in [-0.1, -0.05) is 37.2 Å². The first kappa shape index (κ1) is 17.6.